The van der Waals surface area contributed by atoms with E-state index in [1.165, 1.54) is 23.9 Å². The number of carbonyl (C=O) groups is 1. The number of aryl methyl sites for hydroxylation is 1. The molecule has 3 rings (SSSR count). The summed E-state index contributed by atoms with van der Waals surface area (Å²) in [7, 11) is -0.693. The molecule has 0 aliphatic carbocycles. The molecule has 0 aromatic carbocycles. The van der Waals surface area contributed by atoms with Gasteiger partial charge in [-0.1, -0.05) is 0 Å². The molecule has 0 fully saturated rings. The van der Waals surface area contributed by atoms with Crippen molar-refractivity contribution >= 4 is 21.7 Å². The number of nitrogens with zero attached hydrogens (tertiary/aromatic N) is 4. The van der Waals surface area contributed by atoms with Crippen LogP contribution in [-0.2, 0) is 23.6 Å². The van der Waals surface area contributed by atoms with Gasteiger partial charge in [-0.3, -0.25) is 14.5 Å². The van der Waals surface area contributed by atoms with E-state index < -0.39 is 15.9 Å². The highest BCUT2D eigenvalue weighted by Crippen LogP contribution is 2.15. The molecule has 136 valence electrons. The predicted molar refractivity (Wildman–Crippen MR) is 95.2 cm³/mol. The largest absolute Gasteiger partial charge is 0.345 e. The summed E-state index contributed by atoms with van der Waals surface area (Å²) in [4.78, 5) is 16.4. The molecule has 0 radical (unpaired) electrons. The fraction of sp³-hybridized carbons (Fsp3) is 0.188. The van der Waals surface area contributed by atoms with Gasteiger partial charge in [0, 0.05) is 37.9 Å². The van der Waals surface area contributed by atoms with Gasteiger partial charge in [0.05, 0.1) is 6.54 Å². The highest BCUT2D eigenvalue weighted by molar-refractivity contribution is 7.89. The first-order valence-corrected chi connectivity index (χ1v) is 9.21. The third-order valence-corrected chi connectivity index (χ3v) is 5.15. The molecule has 3 aromatic rings. The highest BCUT2D eigenvalue weighted by Gasteiger charge is 2.19. The molecule has 9 nitrogen and oxygen atoms in total. The van der Waals surface area contributed by atoms with Crippen molar-refractivity contribution in [1.29, 1.82) is 0 Å². The first-order chi connectivity index (χ1) is 12.4. The van der Waals surface area contributed by atoms with Crippen LogP contribution in [0.1, 0.15) is 16.1 Å². The van der Waals surface area contributed by atoms with Gasteiger partial charge in [0.25, 0.3) is 5.91 Å². The maximum absolute atomic E-state index is 12.4. The van der Waals surface area contributed by atoms with Crippen molar-refractivity contribution in [3.05, 3.63) is 60.3 Å². The number of anilines is 1. The van der Waals surface area contributed by atoms with E-state index in [1.54, 1.807) is 36.4 Å². The topological polar surface area (TPSA) is 111 Å². The molecule has 26 heavy (non-hydrogen) atoms. The van der Waals surface area contributed by atoms with Crippen LogP contribution in [0.15, 0.2) is 53.9 Å². The molecular formula is C16H18N6O3S. The number of nitrogens with one attached hydrogen (secondary N) is 2. The third kappa shape index (κ3) is 3.81. The maximum Gasteiger partial charge on any atom is 0.273 e. The standard InChI is InChI=1S/C16H18N6O3S/c1-17-26(24,25)13-9-14(21(2)11-13)16(23)19-15-5-8-22(20-15)10-12-3-6-18-7-4-12/h3-9,11,17H,10H2,1-2H3,(H,19,20,23). The molecule has 1 amide bonds. The molecule has 2 N–H and O–H groups in total. The Morgan fingerprint density at radius 3 is 2.65 bits per heavy atom. The Hall–Kier alpha value is -2.98. The summed E-state index contributed by atoms with van der Waals surface area (Å²) < 4.78 is 29.1. The summed E-state index contributed by atoms with van der Waals surface area (Å²) in [5.41, 5.74) is 1.24. The Bertz CT molecular complexity index is 1020. The van der Waals surface area contributed by atoms with E-state index in [9.17, 15) is 13.2 Å². The predicted octanol–water partition coefficient (Wildman–Crippen LogP) is 0.825. The molecule has 0 aliphatic rings. The molecule has 0 bridgehead atoms. The Labute approximate surface area is 150 Å². The molecule has 0 unspecified atom stereocenters. The SMILES string of the molecule is CNS(=O)(=O)c1cc(C(=O)Nc2ccn(Cc3ccncc3)n2)n(C)c1. The molecule has 0 spiro atoms. The zero-order valence-electron chi connectivity index (χ0n) is 14.2. The number of aromatic nitrogens is 4. The second-order valence-corrected chi connectivity index (χ2v) is 7.47. The van der Waals surface area contributed by atoms with Gasteiger partial charge >= 0.3 is 0 Å². The zero-order valence-corrected chi connectivity index (χ0v) is 15.1. The smallest absolute Gasteiger partial charge is 0.273 e. The number of pyridine rings is 1. The minimum atomic E-state index is -3.61. The number of rotatable bonds is 6. The van der Waals surface area contributed by atoms with Gasteiger partial charge in [-0.15, -0.1) is 0 Å². The van der Waals surface area contributed by atoms with Gasteiger partial charge < -0.3 is 9.88 Å². The molecule has 0 saturated carbocycles. The fourth-order valence-electron chi connectivity index (χ4n) is 2.40. The van der Waals surface area contributed by atoms with Crippen LogP contribution in [0.2, 0.25) is 0 Å². The highest BCUT2D eigenvalue weighted by atomic mass is 32.2. The summed E-state index contributed by atoms with van der Waals surface area (Å²) in [6.07, 6.45) is 6.53. The summed E-state index contributed by atoms with van der Waals surface area (Å²) in [5.74, 6) is -0.0671. The van der Waals surface area contributed by atoms with Crippen molar-refractivity contribution in [1.82, 2.24) is 24.1 Å². The average molecular weight is 374 g/mol. The number of sulfonamides is 1. The average Bonchev–Trinajstić information content (AvgIpc) is 3.22. The molecular weight excluding hydrogens is 356 g/mol. The van der Waals surface area contributed by atoms with E-state index in [-0.39, 0.29) is 10.6 Å². The summed E-state index contributed by atoms with van der Waals surface area (Å²) in [6.45, 7) is 0.549. The van der Waals surface area contributed by atoms with Gasteiger partial charge in [-0.05, 0) is 30.8 Å². The second kappa shape index (κ2) is 7.10. The van der Waals surface area contributed by atoms with Crippen LogP contribution in [0.4, 0.5) is 5.82 Å². The summed E-state index contributed by atoms with van der Waals surface area (Å²) in [6, 6.07) is 6.75. The first-order valence-electron chi connectivity index (χ1n) is 7.72. The van der Waals surface area contributed by atoms with E-state index >= 15 is 0 Å². The van der Waals surface area contributed by atoms with Crippen molar-refractivity contribution in [3.63, 3.8) is 0 Å². The summed E-state index contributed by atoms with van der Waals surface area (Å²) in [5, 5.41) is 6.97. The van der Waals surface area contributed by atoms with Gasteiger partial charge in [-0.25, -0.2) is 13.1 Å². The van der Waals surface area contributed by atoms with Crippen LogP contribution in [0.5, 0.6) is 0 Å². The second-order valence-electron chi connectivity index (χ2n) is 5.59. The van der Waals surface area contributed by atoms with Crippen molar-refractivity contribution in [2.75, 3.05) is 12.4 Å². The number of amides is 1. The summed E-state index contributed by atoms with van der Waals surface area (Å²) >= 11 is 0. The normalized spacial score (nSPS) is 11.5. The number of carbonyl (C=O) groups excluding carboxylic acids is 1. The molecule has 10 heteroatoms. The van der Waals surface area contributed by atoms with Gasteiger partial charge in [0.2, 0.25) is 10.0 Å². The Kier molecular flexibility index (Phi) is 4.87. The fourth-order valence-corrected chi connectivity index (χ4v) is 3.20. The Balaban J connectivity index is 1.73. The van der Waals surface area contributed by atoms with Gasteiger partial charge in [-0.2, -0.15) is 5.10 Å². The van der Waals surface area contributed by atoms with Crippen LogP contribution in [0, 0.1) is 0 Å². The lowest BCUT2D eigenvalue weighted by molar-refractivity contribution is 0.101. The van der Waals surface area contributed by atoms with E-state index in [0.29, 0.717) is 12.4 Å². The van der Waals surface area contributed by atoms with E-state index in [4.69, 9.17) is 0 Å². The minimum Gasteiger partial charge on any atom is -0.345 e. The minimum absolute atomic E-state index is 0.0240. The van der Waals surface area contributed by atoms with E-state index in [0.717, 1.165) is 5.56 Å². The van der Waals surface area contributed by atoms with Crippen molar-refractivity contribution < 1.29 is 13.2 Å². The lowest BCUT2D eigenvalue weighted by atomic mass is 10.3. The quantitative estimate of drug-likeness (QED) is 0.664. The van der Waals surface area contributed by atoms with Crippen molar-refractivity contribution in [3.8, 4) is 0 Å². The molecule has 0 saturated heterocycles. The van der Waals surface area contributed by atoms with Crippen LogP contribution in [0.3, 0.4) is 0 Å². The maximum atomic E-state index is 12.4. The molecule has 3 aromatic heterocycles. The van der Waals surface area contributed by atoms with Crippen LogP contribution in [-0.4, -0.2) is 40.7 Å². The van der Waals surface area contributed by atoms with Crippen molar-refractivity contribution in [2.24, 2.45) is 7.05 Å². The van der Waals surface area contributed by atoms with Gasteiger partial charge in [0.15, 0.2) is 5.82 Å². The Morgan fingerprint density at radius 1 is 1.23 bits per heavy atom. The monoisotopic (exact) mass is 374 g/mol. The number of hydrogen-bond donors (Lipinski definition) is 2. The van der Waals surface area contributed by atoms with Crippen LogP contribution in [0.25, 0.3) is 0 Å². The van der Waals surface area contributed by atoms with E-state index in [2.05, 4.69) is 20.1 Å². The molecule has 3 heterocycles. The first kappa shape index (κ1) is 17.8. The van der Waals surface area contributed by atoms with E-state index in [1.807, 2.05) is 12.1 Å². The lowest BCUT2D eigenvalue weighted by Gasteiger charge is -2.03. The molecule has 0 aliphatic heterocycles. The number of hydrogen-bond acceptors (Lipinski definition) is 5. The Morgan fingerprint density at radius 2 is 1.96 bits per heavy atom. The van der Waals surface area contributed by atoms with Crippen LogP contribution >= 0.6 is 0 Å². The third-order valence-electron chi connectivity index (χ3n) is 3.77. The lowest BCUT2D eigenvalue weighted by Crippen LogP contribution is -2.18. The zero-order chi connectivity index (χ0) is 18.7. The van der Waals surface area contributed by atoms with Crippen molar-refractivity contribution in [2.45, 2.75) is 11.4 Å². The van der Waals surface area contributed by atoms with Crippen LogP contribution < -0.4 is 10.0 Å². The van der Waals surface area contributed by atoms with Gasteiger partial charge in [0.1, 0.15) is 10.6 Å². The molecule has 0 atom stereocenters.